The van der Waals surface area contributed by atoms with Crippen molar-refractivity contribution in [1.82, 2.24) is 15.2 Å². The first kappa shape index (κ1) is 25.8. The summed E-state index contributed by atoms with van der Waals surface area (Å²) in [7, 11) is 0. The highest BCUT2D eigenvalue weighted by Crippen LogP contribution is 2.28. The van der Waals surface area contributed by atoms with Gasteiger partial charge in [-0.15, -0.1) is 11.3 Å². The molecular weight excluding hydrogens is 525 g/mol. The van der Waals surface area contributed by atoms with E-state index in [0.29, 0.717) is 21.4 Å². The Balaban J connectivity index is 1.20. The second-order valence-corrected chi connectivity index (χ2v) is 11.1. The van der Waals surface area contributed by atoms with Gasteiger partial charge < -0.3 is 16.3 Å². The third-order valence-corrected chi connectivity index (χ3v) is 8.50. The lowest BCUT2D eigenvalue weighted by molar-refractivity contribution is -0.119. The topological polar surface area (TPSA) is 104 Å². The molecule has 4 rings (SSSR count). The Morgan fingerprint density at radius 2 is 1.94 bits per heavy atom. The van der Waals surface area contributed by atoms with Crippen molar-refractivity contribution < 1.29 is 10.0 Å². The van der Waals surface area contributed by atoms with Crippen LogP contribution in [-0.4, -0.2) is 51.7 Å². The summed E-state index contributed by atoms with van der Waals surface area (Å²) in [6.07, 6.45) is 1.83. The number of nitrogens with one attached hydrogen (secondary N) is 1. The van der Waals surface area contributed by atoms with Crippen molar-refractivity contribution >= 4 is 58.0 Å². The van der Waals surface area contributed by atoms with Crippen LogP contribution in [0.1, 0.15) is 24.0 Å². The second kappa shape index (κ2) is 12.1. The van der Waals surface area contributed by atoms with Crippen LogP contribution in [-0.2, 0) is 11.3 Å². The Morgan fingerprint density at radius 1 is 1.20 bits per heavy atom. The molecule has 7 nitrogen and oxygen atoms in total. The van der Waals surface area contributed by atoms with Gasteiger partial charge in [-0.05, 0) is 30.5 Å². The lowest BCUT2D eigenvalue weighted by Gasteiger charge is -2.32. The molecule has 1 saturated heterocycles. The maximum Gasteiger partial charge on any atom is 0.230 e. The van der Waals surface area contributed by atoms with Gasteiger partial charge in [0.15, 0.2) is 10.2 Å². The van der Waals surface area contributed by atoms with E-state index in [2.05, 4.69) is 20.4 Å². The molecule has 1 fully saturated rings. The van der Waals surface area contributed by atoms with Gasteiger partial charge in [0.2, 0.25) is 5.91 Å². The molecule has 35 heavy (non-hydrogen) atoms. The summed E-state index contributed by atoms with van der Waals surface area (Å²) in [5.41, 5.74) is 9.14. The van der Waals surface area contributed by atoms with Crippen LogP contribution >= 0.6 is 46.3 Å². The molecule has 3 aromatic rings. The van der Waals surface area contributed by atoms with Crippen molar-refractivity contribution in [2.24, 2.45) is 10.9 Å². The number of rotatable bonds is 8. The molecule has 0 radical (unpaired) electrons. The maximum absolute atomic E-state index is 12.5. The minimum absolute atomic E-state index is 0.0257. The molecule has 2 heterocycles. The van der Waals surface area contributed by atoms with Crippen molar-refractivity contribution in [2.45, 2.75) is 29.8 Å². The molecule has 0 bridgehead atoms. The van der Waals surface area contributed by atoms with Crippen LogP contribution in [0, 0.1) is 0 Å². The number of benzene rings is 2. The lowest BCUT2D eigenvalue weighted by Crippen LogP contribution is -2.44. The molecule has 1 aliphatic rings. The first-order valence-electron chi connectivity index (χ1n) is 11.0. The van der Waals surface area contributed by atoms with Gasteiger partial charge in [0.05, 0.1) is 21.5 Å². The van der Waals surface area contributed by atoms with E-state index in [1.807, 2.05) is 35.7 Å². The van der Waals surface area contributed by atoms with Crippen LogP contribution < -0.4 is 11.1 Å². The minimum Gasteiger partial charge on any atom is -0.409 e. The minimum atomic E-state index is 0.0257. The Kier molecular flexibility index (Phi) is 8.91. The number of hydrogen-bond acceptors (Lipinski definition) is 7. The number of amidine groups is 1. The molecule has 0 aliphatic carbocycles. The monoisotopic (exact) mass is 549 g/mol. The van der Waals surface area contributed by atoms with Crippen LogP contribution in [0.25, 0.3) is 11.3 Å². The SMILES string of the molecule is NC(=NO)c1ccc(-c2csc(SCC(=O)NC3CCN(Cc4ccc(Cl)c(Cl)c4)CC3)n2)cc1. The van der Waals surface area contributed by atoms with Gasteiger partial charge in [-0.3, -0.25) is 9.69 Å². The predicted octanol–water partition coefficient (Wildman–Crippen LogP) is 5.08. The number of nitrogens with zero attached hydrogens (tertiary/aromatic N) is 3. The molecule has 0 unspecified atom stereocenters. The Morgan fingerprint density at radius 3 is 2.63 bits per heavy atom. The number of carbonyl (C=O) groups excluding carboxylic acids is 1. The molecule has 1 aromatic heterocycles. The van der Waals surface area contributed by atoms with Gasteiger partial charge >= 0.3 is 0 Å². The molecule has 1 aliphatic heterocycles. The molecular formula is C24H25Cl2N5O2S2. The molecule has 0 saturated carbocycles. The fourth-order valence-corrected chi connectivity index (χ4v) is 5.82. The summed E-state index contributed by atoms with van der Waals surface area (Å²) < 4.78 is 0.840. The zero-order valence-corrected chi connectivity index (χ0v) is 21.9. The van der Waals surface area contributed by atoms with Gasteiger partial charge in [0.25, 0.3) is 0 Å². The summed E-state index contributed by atoms with van der Waals surface area (Å²) in [5.74, 6) is 0.422. The Hall–Kier alpha value is -2.30. The smallest absolute Gasteiger partial charge is 0.230 e. The maximum atomic E-state index is 12.5. The van der Waals surface area contributed by atoms with E-state index in [-0.39, 0.29) is 17.8 Å². The number of halogens is 2. The van der Waals surface area contributed by atoms with Gasteiger partial charge in [-0.2, -0.15) is 0 Å². The van der Waals surface area contributed by atoms with E-state index in [0.717, 1.165) is 53.6 Å². The number of nitrogens with two attached hydrogens (primary N) is 1. The molecule has 2 aromatic carbocycles. The molecule has 0 atom stereocenters. The lowest BCUT2D eigenvalue weighted by atomic mass is 10.0. The Labute approximate surface area is 222 Å². The van der Waals surface area contributed by atoms with E-state index in [9.17, 15) is 4.79 Å². The van der Waals surface area contributed by atoms with E-state index in [1.54, 1.807) is 12.1 Å². The highest BCUT2D eigenvalue weighted by atomic mass is 35.5. The van der Waals surface area contributed by atoms with Gasteiger partial charge in [-0.25, -0.2) is 4.98 Å². The number of oxime groups is 1. The normalized spacial score (nSPS) is 15.3. The molecule has 11 heteroatoms. The molecule has 0 spiro atoms. The van der Waals surface area contributed by atoms with E-state index < -0.39 is 0 Å². The fraction of sp³-hybridized carbons (Fsp3) is 0.292. The largest absolute Gasteiger partial charge is 0.409 e. The highest BCUT2D eigenvalue weighted by Gasteiger charge is 2.21. The summed E-state index contributed by atoms with van der Waals surface area (Å²) in [6, 6.07) is 13.2. The number of amides is 1. The second-order valence-electron chi connectivity index (χ2n) is 8.22. The van der Waals surface area contributed by atoms with Gasteiger partial charge in [-0.1, -0.05) is 70.5 Å². The standard InChI is InChI=1S/C24H25Cl2N5O2S2/c25-19-6-1-15(11-20(19)26)12-31-9-7-18(8-10-31)28-22(32)14-35-24-29-21(13-34-24)16-2-4-17(5-3-16)23(27)30-33/h1-6,11,13,18,33H,7-10,12,14H2,(H2,27,30)(H,28,32). The molecule has 4 N–H and O–H groups in total. The fourth-order valence-electron chi connectivity index (χ4n) is 3.85. The number of thioether (sulfide) groups is 1. The highest BCUT2D eigenvalue weighted by molar-refractivity contribution is 8.01. The van der Waals surface area contributed by atoms with Crippen molar-refractivity contribution in [3.8, 4) is 11.3 Å². The summed E-state index contributed by atoms with van der Waals surface area (Å²) in [4.78, 5) is 19.5. The summed E-state index contributed by atoms with van der Waals surface area (Å²) in [5, 5.41) is 18.0. The number of likely N-dealkylation sites (tertiary alicyclic amines) is 1. The van der Waals surface area contributed by atoms with E-state index in [4.69, 9.17) is 34.1 Å². The number of hydrogen-bond donors (Lipinski definition) is 3. The average Bonchev–Trinajstić information content (AvgIpc) is 3.35. The van der Waals surface area contributed by atoms with Crippen LogP contribution in [0.2, 0.25) is 10.0 Å². The third-order valence-electron chi connectivity index (χ3n) is 5.74. The van der Waals surface area contributed by atoms with Gasteiger partial charge in [0, 0.05) is 42.2 Å². The van der Waals surface area contributed by atoms with Crippen molar-refractivity contribution in [3.63, 3.8) is 0 Å². The van der Waals surface area contributed by atoms with Crippen molar-refractivity contribution in [2.75, 3.05) is 18.8 Å². The average molecular weight is 551 g/mol. The molecule has 1 amide bonds. The van der Waals surface area contributed by atoms with Crippen LogP contribution in [0.3, 0.4) is 0 Å². The van der Waals surface area contributed by atoms with Crippen molar-refractivity contribution in [3.05, 3.63) is 69.0 Å². The zero-order chi connectivity index (χ0) is 24.8. The first-order valence-corrected chi connectivity index (χ1v) is 13.7. The first-order chi connectivity index (χ1) is 16.9. The van der Waals surface area contributed by atoms with E-state index >= 15 is 0 Å². The number of thiazole rings is 1. The molecule has 184 valence electrons. The van der Waals surface area contributed by atoms with Gasteiger partial charge in [0.1, 0.15) is 0 Å². The van der Waals surface area contributed by atoms with Crippen LogP contribution in [0.4, 0.5) is 0 Å². The van der Waals surface area contributed by atoms with Crippen molar-refractivity contribution in [1.29, 1.82) is 0 Å². The summed E-state index contributed by atoms with van der Waals surface area (Å²) in [6.45, 7) is 2.66. The van der Waals surface area contributed by atoms with Crippen LogP contribution in [0.15, 0.2) is 57.3 Å². The van der Waals surface area contributed by atoms with Crippen LogP contribution in [0.5, 0.6) is 0 Å². The Bertz CT molecular complexity index is 1190. The zero-order valence-electron chi connectivity index (χ0n) is 18.8. The third kappa shape index (κ3) is 7.11. The summed E-state index contributed by atoms with van der Waals surface area (Å²) >= 11 is 15.1. The number of carbonyl (C=O) groups is 1. The number of aromatic nitrogens is 1. The van der Waals surface area contributed by atoms with E-state index in [1.165, 1.54) is 23.1 Å². The number of piperidine rings is 1. The quantitative estimate of drug-likeness (QED) is 0.119. The predicted molar refractivity (Wildman–Crippen MR) is 144 cm³/mol.